The SMILES string of the molecule is O=C(Cn1c(-c2cccs2)cc2ccccc21)NCCC1=CCCCC1. The van der Waals surface area contributed by atoms with Crippen LogP contribution < -0.4 is 5.32 Å². The Hall–Kier alpha value is -2.33. The highest BCUT2D eigenvalue weighted by atomic mass is 32.1. The number of hydrogen-bond donors (Lipinski definition) is 1. The van der Waals surface area contributed by atoms with Crippen LogP contribution in [-0.4, -0.2) is 17.0 Å². The van der Waals surface area contributed by atoms with Gasteiger partial charge in [0.15, 0.2) is 0 Å². The van der Waals surface area contributed by atoms with Crippen molar-refractivity contribution >= 4 is 28.1 Å². The second kappa shape index (κ2) is 7.92. The molecule has 1 N–H and O–H groups in total. The Morgan fingerprint density at radius 1 is 1.15 bits per heavy atom. The zero-order valence-corrected chi connectivity index (χ0v) is 15.7. The Morgan fingerprint density at radius 2 is 2.08 bits per heavy atom. The molecule has 0 saturated heterocycles. The lowest BCUT2D eigenvalue weighted by atomic mass is 9.97. The maximum atomic E-state index is 12.6. The molecule has 26 heavy (non-hydrogen) atoms. The van der Waals surface area contributed by atoms with Gasteiger partial charge in [0.1, 0.15) is 6.54 Å². The number of thiophene rings is 1. The van der Waals surface area contributed by atoms with Crippen molar-refractivity contribution < 1.29 is 4.79 Å². The fourth-order valence-electron chi connectivity index (χ4n) is 3.70. The lowest BCUT2D eigenvalue weighted by Crippen LogP contribution is -2.28. The summed E-state index contributed by atoms with van der Waals surface area (Å²) in [5.41, 5.74) is 3.73. The van der Waals surface area contributed by atoms with Gasteiger partial charge in [0.25, 0.3) is 0 Å². The Bertz CT molecular complexity index is 921. The van der Waals surface area contributed by atoms with E-state index in [1.807, 2.05) is 12.1 Å². The maximum Gasteiger partial charge on any atom is 0.239 e. The van der Waals surface area contributed by atoms with Gasteiger partial charge in [0, 0.05) is 17.4 Å². The Balaban J connectivity index is 1.48. The van der Waals surface area contributed by atoms with Crippen LogP contribution in [0.4, 0.5) is 0 Å². The van der Waals surface area contributed by atoms with Gasteiger partial charge >= 0.3 is 0 Å². The summed E-state index contributed by atoms with van der Waals surface area (Å²) in [4.78, 5) is 13.8. The Morgan fingerprint density at radius 3 is 2.88 bits per heavy atom. The van der Waals surface area contributed by atoms with Gasteiger partial charge in [-0.05, 0) is 55.7 Å². The van der Waals surface area contributed by atoms with Crippen LogP contribution >= 0.6 is 11.3 Å². The van der Waals surface area contributed by atoms with E-state index >= 15 is 0 Å². The van der Waals surface area contributed by atoms with Crippen molar-refractivity contribution in [3.05, 3.63) is 59.5 Å². The molecule has 4 heteroatoms. The highest BCUT2D eigenvalue weighted by molar-refractivity contribution is 7.13. The van der Waals surface area contributed by atoms with Gasteiger partial charge in [-0.3, -0.25) is 4.79 Å². The Kier molecular flexibility index (Phi) is 5.21. The van der Waals surface area contributed by atoms with Gasteiger partial charge in [0.05, 0.1) is 10.6 Å². The lowest BCUT2D eigenvalue weighted by molar-refractivity contribution is -0.121. The highest BCUT2D eigenvalue weighted by Gasteiger charge is 2.14. The molecule has 4 rings (SSSR count). The number of allylic oxidation sites excluding steroid dienone is 1. The molecule has 2 heterocycles. The summed E-state index contributed by atoms with van der Waals surface area (Å²) in [5.74, 6) is 0.0839. The van der Waals surface area contributed by atoms with E-state index in [-0.39, 0.29) is 5.91 Å². The fourth-order valence-corrected chi connectivity index (χ4v) is 4.45. The Labute approximate surface area is 158 Å². The molecule has 1 aliphatic carbocycles. The van der Waals surface area contributed by atoms with Crippen LogP contribution in [0.2, 0.25) is 0 Å². The predicted octanol–water partition coefficient (Wildman–Crippen LogP) is 5.38. The number of fused-ring (bicyclic) bond motifs is 1. The molecule has 0 fully saturated rings. The van der Waals surface area contributed by atoms with Crippen molar-refractivity contribution in [1.29, 1.82) is 0 Å². The van der Waals surface area contributed by atoms with Crippen molar-refractivity contribution in [2.75, 3.05) is 6.54 Å². The molecule has 1 aliphatic rings. The molecule has 3 aromatic rings. The van der Waals surface area contributed by atoms with Crippen LogP contribution in [0.5, 0.6) is 0 Å². The summed E-state index contributed by atoms with van der Waals surface area (Å²) >= 11 is 1.71. The number of aromatic nitrogens is 1. The number of hydrogen-bond acceptors (Lipinski definition) is 2. The largest absolute Gasteiger partial charge is 0.354 e. The molecular formula is C22H24N2OS. The molecule has 134 valence electrons. The van der Waals surface area contributed by atoms with E-state index in [2.05, 4.69) is 51.7 Å². The molecule has 0 spiro atoms. The molecule has 1 amide bonds. The molecular weight excluding hydrogens is 340 g/mol. The third-order valence-corrected chi connectivity index (χ3v) is 5.93. The van der Waals surface area contributed by atoms with Crippen LogP contribution in [-0.2, 0) is 11.3 Å². The number of carbonyl (C=O) groups is 1. The van der Waals surface area contributed by atoms with Gasteiger partial charge in [-0.25, -0.2) is 0 Å². The van der Waals surface area contributed by atoms with E-state index in [9.17, 15) is 4.79 Å². The van der Waals surface area contributed by atoms with E-state index in [1.165, 1.54) is 41.5 Å². The number of carbonyl (C=O) groups excluding carboxylic acids is 1. The van der Waals surface area contributed by atoms with Crippen molar-refractivity contribution in [3.8, 4) is 10.6 Å². The summed E-state index contributed by atoms with van der Waals surface area (Å²) < 4.78 is 2.14. The van der Waals surface area contributed by atoms with Crippen molar-refractivity contribution in [3.63, 3.8) is 0 Å². The van der Waals surface area contributed by atoms with E-state index in [1.54, 1.807) is 11.3 Å². The minimum absolute atomic E-state index is 0.0839. The summed E-state index contributed by atoms with van der Waals surface area (Å²) in [6, 6.07) is 14.6. The molecule has 0 atom stereocenters. The third-order valence-electron chi connectivity index (χ3n) is 5.04. The van der Waals surface area contributed by atoms with Gasteiger partial charge in [-0.2, -0.15) is 0 Å². The maximum absolute atomic E-state index is 12.6. The van der Waals surface area contributed by atoms with Crippen LogP contribution in [0.1, 0.15) is 32.1 Å². The first-order valence-corrected chi connectivity index (χ1v) is 10.3. The first kappa shape index (κ1) is 17.1. The topological polar surface area (TPSA) is 34.0 Å². The summed E-state index contributed by atoms with van der Waals surface area (Å²) in [6.07, 6.45) is 8.32. The molecule has 3 nitrogen and oxygen atoms in total. The van der Waals surface area contributed by atoms with Crippen molar-refractivity contribution in [1.82, 2.24) is 9.88 Å². The van der Waals surface area contributed by atoms with Crippen LogP contribution in [0.25, 0.3) is 21.5 Å². The summed E-state index contributed by atoms with van der Waals surface area (Å²) in [7, 11) is 0. The molecule has 1 aromatic carbocycles. The number of rotatable bonds is 6. The van der Waals surface area contributed by atoms with Gasteiger partial charge in [-0.1, -0.05) is 35.9 Å². The number of nitrogens with one attached hydrogen (secondary N) is 1. The third kappa shape index (κ3) is 3.75. The number of amides is 1. The molecule has 0 unspecified atom stereocenters. The van der Waals surface area contributed by atoms with Gasteiger partial charge < -0.3 is 9.88 Å². The predicted molar refractivity (Wildman–Crippen MR) is 109 cm³/mol. The van der Waals surface area contributed by atoms with Crippen LogP contribution in [0, 0.1) is 0 Å². The average Bonchev–Trinajstić information content (AvgIpc) is 3.31. The quantitative estimate of drug-likeness (QED) is 0.586. The summed E-state index contributed by atoms with van der Waals surface area (Å²) in [5, 5.41) is 6.36. The van der Waals surface area contributed by atoms with Crippen molar-refractivity contribution in [2.45, 2.75) is 38.6 Å². The van der Waals surface area contributed by atoms with E-state index < -0.39 is 0 Å². The smallest absolute Gasteiger partial charge is 0.239 e. The normalized spacial score (nSPS) is 14.4. The first-order chi connectivity index (χ1) is 12.8. The summed E-state index contributed by atoms with van der Waals surface area (Å²) in [6.45, 7) is 1.10. The molecule has 0 aliphatic heterocycles. The zero-order chi connectivity index (χ0) is 17.8. The highest BCUT2D eigenvalue weighted by Crippen LogP contribution is 2.31. The number of benzene rings is 1. The second-order valence-electron chi connectivity index (χ2n) is 6.86. The first-order valence-electron chi connectivity index (χ1n) is 9.38. The molecule has 0 bridgehead atoms. The average molecular weight is 365 g/mol. The van der Waals surface area contributed by atoms with Crippen LogP contribution in [0.15, 0.2) is 59.5 Å². The lowest BCUT2D eigenvalue weighted by Gasteiger charge is -2.14. The molecule has 2 aromatic heterocycles. The van der Waals surface area contributed by atoms with E-state index in [4.69, 9.17) is 0 Å². The van der Waals surface area contributed by atoms with Gasteiger partial charge in [0.2, 0.25) is 5.91 Å². The van der Waals surface area contributed by atoms with Crippen LogP contribution in [0.3, 0.4) is 0 Å². The van der Waals surface area contributed by atoms with E-state index in [0.29, 0.717) is 6.54 Å². The zero-order valence-electron chi connectivity index (χ0n) is 14.9. The standard InChI is InChI=1S/C22H24N2OS/c25-22(23-13-12-17-7-2-1-3-8-17)16-24-19-10-5-4-9-18(19)15-20(24)21-11-6-14-26-21/h4-7,9-11,14-15H,1-3,8,12-13,16H2,(H,23,25). The molecule has 0 radical (unpaired) electrons. The number of nitrogens with zero attached hydrogens (tertiary/aromatic N) is 1. The monoisotopic (exact) mass is 364 g/mol. The van der Waals surface area contributed by atoms with Crippen molar-refractivity contribution in [2.24, 2.45) is 0 Å². The molecule has 0 saturated carbocycles. The minimum Gasteiger partial charge on any atom is -0.354 e. The van der Waals surface area contributed by atoms with Gasteiger partial charge in [-0.15, -0.1) is 11.3 Å². The second-order valence-corrected chi connectivity index (χ2v) is 7.81. The fraction of sp³-hybridized carbons (Fsp3) is 0.318. The van der Waals surface area contributed by atoms with E-state index in [0.717, 1.165) is 24.2 Å². The minimum atomic E-state index is 0.0839. The number of para-hydroxylation sites is 1.